The lowest BCUT2D eigenvalue weighted by Crippen LogP contribution is -2.55. The van der Waals surface area contributed by atoms with Gasteiger partial charge in [0.1, 0.15) is 0 Å². The molecule has 0 bridgehead atoms. The molecule has 0 radical (unpaired) electrons. The van der Waals surface area contributed by atoms with Crippen molar-refractivity contribution in [3.05, 3.63) is 0 Å². The van der Waals surface area contributed by atoms with Gasteiger partial charge in [0.25, 0.3) is 0 Å². The van der Waals surface area contributed by atoms with E-state index in [-0.39, 0.29) is 0 Å². The number of aliphatic carboxylic acids is 1. The van der Waals surface area contributed by atoms with Crippen LogP contribution in [0.15, 0.2) is 0 Å². The maximum atomic E-state index is 10.8. The molecule has 0 spiro atoms. The van der Waals surface area contributed by atoms with E-state index in [1.165, 1.54) is 0 Å². The van der Waals surface area contributed by atoms with Crippen molar-refractivity contribution in [1.29, 1.82) is 0 Å². The Hall–Kier alpha value is -0.260. The summed E-state index contributed by atoms with van der Waals surface area (Å²) in [5.74, 6) is 0.0892. The molecule has 13 heavy (non-hydrogen) atoms. The molecule has 0 aliphatic carbocycles. The highest BCUT2D eigenvalue weighted by Gasteiger charge is 2.22. The summed E-state index contributed by atoms with van der Waals surface area (Å²) in [5, 5.41) is 8.88. The summed E-state index contributed by atoms with van der Waals surface area (Å²) in [6, 6.07) is -0.451. The van der Waals surface area contributed by atoms with Crippen LogP contribution in [0.4, 0.5) is 0 Å². The lowest BCUT2D eigenvalue weighted by Gasteiger charge is -2.27. The van der Waals surface area contributed by atoms with Gasteiger partial charge in [0.2, 0.25) is 0 Å². The molecule has 0 saturated carbocycles. The summed E-state index contributed by atoms with van der Waals surface area (Å²) in [4.78, 5) is 10.8. The van der Waals surface area contributed by atoms with Crippen molar-refractivity contribution in [3.63, 3.8) is 0 Å². The number of hydrogen-bond donors (Lipinski definition) is 2. The van der Waals surface area contributed by atoms with Gasteiger partial charge < -0.3 is 5.11 Å². The Morgan fingerprint density at radius 3 is 2.38 bits per heavy atom. The first-order chi connectivity index (χ1) is 5.87. The van der Waals surface area contributed by atoms with Gasteiger partial charge >= 0.3 is 5.97 Å². The zero-order valence-electron chi connectivity index (χ0n) is 8.70. The van der Waals surface area contributed by atoms with Gasteiger partial charge in [-0.15, -0.1) is 0 Å². The van der Waals surface area contributed by atoms with E-state index < -0.39 is 12.0 Å². The number of carboxylic acid groups (broad SMARTS) is 1. The van der Waals surface area contributed by atoms with E-state index in [4.69, 9.17) is 5.11 Å². The van der Waals surface area contributed by atoms with Crippen molar-refractivity contribution < 1.29 is 14.5 Å². The van der Waals surface area contributed by atoms with Crippen molar-refractivity contribution in [2.75, 3.05) is 33.2 Å². The summed E-state index contributed by atoms with van der Waals surface area (Å²) >= 11 is 1.66. The van der Waals surface area contributed by atoms with E-state index in [1.807, 2.05) is 27.4 Å². The molecule has 1 atom stereocenters. The Balaban J connectivity index is 4.03. The molecule has 0 aromatic carbocycles. The molecular weight excluding hydrogens is 188 g/mol. The molecular formula is C8H19N2O2S+. The lowest BCUT2D eigenvalue weighted by atomic mass is 10.2. The first-order valence-corrected chi connectivity index (χ1v) is 5.57. The number of nitrogens with zero attached hydrogens (tertiary/aromatic N) is 1. The average Bonchev–Trinajstić information content (AvgIpc) is 1.95. The summed E-state index contributed by atoms with van der Waals surface area (Å²) in [6.07, 6.45) is 2.64. The second-order valence-corrected chi connectivity index (χ2v) is 4.80. The third-order valence-corrected chi connectivity index (χ3v) is 2.10. The van der Waals surface area contributed by atoms with E-state index in [9.17, 15) is 4.79 Å². The second-order valence-electron chi connectivity index (χ2n) is 3.81. The van der Waals surface area contributed by atoms with Gasteiger partial charge in [0.05, 0.1) is 21.1 Å². The smallest absolute Gasteiger partial charge is 0.326 e. The van der Waals surface area contributed by atoms with Crippen LogP contribution in [0.25, 0.3) is 0 Å². The fourth-order valence-electron chi connectivity index (χ4n) is 0.946. The van der Waals surface area contributed by atoms with E-state index in [1.54, 1.807) is 11.8 Å². The van der Waals surface area contributed by atoms with Crippen molar-refractivity contribution in [3.8, 4) is 0 Å². The van der Waals surface area contributed by atoms with Gasteiger partial charge in [0.15, 0.2) is 6.04 Å². The van der Waals surface area contributed by atoms with E-state index in [0.717, 1.165) is 5.75 Å². The van der Waals surface area contributed by atoms with Gasteiger partial charge in [0, 0.05) is 0 Å². The Labute approximate surface area is 83.9 Å². The largest absolute Gasteiger partial charge is 0.480 e. The third-order valence-electron chi connectivity index (χ3n) is 1.45. The minimum absolute atomic E-state index is 0.451. The molecule has 0 aromatic rings. The van der Waals surface area contributed by atoms with Crippen LogP contribution >= 0.6 is 11.8 Å². The molecule has 0 aliphatic heterocycles. The molecule has 0 unspecified atom stereocenters. The van der Waals surface area contributed by atoms with E-state index in [0.29, 0.717) is 11.0 Å². The summed E-state index contributed by atoms with van der Waals surface area (Å²) < 4.78 is 0.464. The first kappa shape index (κ1) is 12.7. The summed E-state index contributed by atoms with van der Waals surface area (Å²) in [6.45, 7) is 0. The van der Waals surface area contributed by atoms with Crippen molar-refractivity contribution in [1.82, 2.24) is 5.43 Å². The molecule has 0 heterocycles. The quantitative estimate of drug-likeness (QED) is 0.489. The number of rotatable bonds is 6. The molecule has 0 rings (SSSR count). The zero-order valence-corrected chi connectivity index (χ0v) is 9.52. The highest BCUT2D eigenvalue weighted by Crippen LogP contribution is 2.02. The topological polar surface area (TPSA) is 49.3 Å². The number of carboxylic acids is 1. The predicted octanol–water partition coefficient (Wildman–Crippen LogP) is 0.404. The Morgan fingerprint density at radius 1 is 1.54 bits per heavy atom. The van der Waals surface area contributed by atoms with Gasteiger partial charge in [-0.3, -0.25) is 9.39 Å². The van der Waals surface area contributed by atoms with Gasteiger partial charge in [-0.25, -0.2) is 0 Å². The monoisotopic (exact) mass is 207 g/mol. The second kappa shape index (κ2) is 5.47. The maximum absolute atomic E-state index is 10.8. The minimum atomic E-state index is -0.776. The highest BCUT2D eigenvalue weighted by atomic mass is 32.2. The fraction of sp³-hybridized carbons (Fsp3) is 0.875. The highest BCUT2D eigenvalue weighted by molar-refractivity contribution is 7.98. The van der Waals surface area contributed by atoms with Gasteiger partial charge in [-0.05, 0) is 18.4 Å². The van der Waals surface area contributed by atoms with Crippen LogP contribution in [0.2, 0.25) is 0 Å². The minimum Gasteiger partial charge on any atom is -0.480 e. The molecule has 0 fully saturated rings. The van der Waals surface area contributed by atoms with Crippen LogP contribution in [-0.4, -0.2) is 54.9 Å². The van der Waals surface area contributed by atoms with Crippen LogP contribution in [0.1, 0.15) is 6.42 Å². The van der Waals surface area contributed by atoms with Gasteiger partial charge in [-0.2, -0.15) is 17.2 Å². The van der Waals surface area contributed by atoms with Gasteiger partial charge in [-0.1, -0.05) is 0 Å². The molecule has 0 saturated heterocycles. The molecule has 78 valence electrons. The Bertz CT molecular complexity index is 168. The SMILES string of the molecule is CSCC[C@H](N[N+](C)(C)C)C(=O)O. The number of hydrogen-bond acceptors (Lipinski definition) is 3. The standard InChI is InChI=1S/C8H18N2O2S/c1-10(2,3)9-7(8(11)12)5-6-13-4/h7,9H,5-6H2,1-4H3/p+1/t7-/m0/s1. The Morgan fingerprint density at radius 2 is 2.08 bits per heavy atom. The van der Waals surface area contributed by atoms with Crippen LogP contribution in [0.5, 0.6) is 0 Å². The number of quaternary nitrogens is 1. The third kappa shape index (κ3) is 6.86. The van der Waals surface area contributed by atoms with Crippen LogP contribution < -0.4 is 5.43 Å². The lowest BCUT2D eigenvalue weighted by molar-refractivity contribution is -0.917. The predicted molar refractivity (Wildman–Crippen MR) is 55.6 cm³/mol. The zero-order chi connectivity index (χ0) is 10.5. The fourth-order valence-corrected chi connectivity index (χ4v) is 1.42. The number of thioether (sulfide) groups is 1. The number of nitrogens with one attached hydrogen (secondary N) is 1. The van der Waals surface area contributed by atoms with Crippen LogP contribution in [0, 0.1) is 0 Å². The molecule has 4 nitrogen and oxygen atoms in total. The first-order valence-electron chi connectivity index (χ1n) is 4.18. The summed E-state index contributed by atoms with van der Waals surface area (Å²) in [7, 11) is 5.74. The average molecular weight is 207 g/mol. The summed E-state index contributed by atoms with van der Waals surface area (Å²) in [5.41, 5.74) is 3.02. The Kier molecular flexibility index (Phi) is 5.36. The molecule has 0 aliphatic rings. The van der Waals surface area contributed by atoms with E-state index in [2.05, 4.69) is 5.43 Å². The molecule has 0 aromatic heterocycles. The molecule has 2 N–H and O–H groups in total. The normalized spacial score (nSPS) is 14.2. The molecule has 5 heteroatoms. The van der Waals surface area contributed by atoms with Crippen molar-refractivity contribution in [2.45, 2.75) is 12.5 Å². The van der Waals surface area contributed by atoms with Crippen LogP contribution in [-0.2, 0) is 4.79 Å². The maximum Gasteiger partial charge on any atom is 0.326 e. The van der Waals surface area contributed by atoms with E-state index >= 15 is 0 Å². The van der Waals surface area contributed by atoms with Crippen LogP contribution in [0.3, 0.4) is 0 Å². The number of carbonyl (C=O) groups is 1. The van der Waals surface area contributed by atoms with Crippen molar-refractivity contribution >= 4 is 17.7 Å². The molecule has 0 amide bonds. The van der Waals surface area contributed by atoms with Crippen molar-refractivity contribution in [2.24, 2.45) is 0 Å².